The van der Waals surface area contributed by atoms with Crippen molar-refractivity contribution in [2.75, 3.05) is 24.6 Å². The van der Waals surface area contributed by atoms with Crippen LogP contribution in [0.3, 0.4) is 0 Å². The monoisotopic (exact) mass is 392 g/mol. The van der Waals surface area contributed by atoms with E-state index in [-0.39, 0.29) is 4.75 Å². The zero-order chi connectivity index (χ0) is 15.8. The second-order valence-corrected chi connectivity index (χ2v) is 10.5. The number of halogens is 1. The van der Waals surface area contributed by atoms with E-state index in [1.165, 1.54) is 0 Å². The molecule has 2 rings (SSSR count). The molecule has 7 heteroatoms. The maximum Gasteiger partial charge on any atom is 0.243 e. The molecule has 0 atom stereocenters. The molecule has 0 spiro atoms. The first-order valence-corrected chi connectivity index (χ1v) is 10.0. The zero-order valence-electron chi connectivity index (χ0n) is 12.5. The van der Waals surface area contributed by atoms with Gasteiger partial charge in [0.2, 0.25) is 10.0 Å². The van der Waals surface area contributed by atoms with E-state index >= 15 is 0 Å². The number of sulfonamides is 1. The Labute approximate surface area is 139 Å². The van der Waals surface area contributed by atoms with Gasteiger partial charge in [0, 0.05) is 33.7 Å². The van der Waals surface area contributed by atoms with E-state index in [0.29, 0.717) is 29.2 Å². The van der Waals surface area contributed by atoms with Gasteiger partial charge in [0.15, 0.2) is 0 Å². The van der Waals surface area contributed by atoms with Crippen LogP contribution in [0.25, 0.3) is 0 Å². The van der Waals surface area contributed by atoms with Crippen LogP contribution in [-0.4, -0.2) is 36.3 Å². The fourth-order valence-corrected chi connectivity index (χ4v) is 5.68. The molecule has 1 heterocycles. The molecule has 21 heavy (non-hydrogen) atoms. The number of hydrogen-bond acceptors (Lipinski definition) is 4. The van der Waals surface area contributed by atoms with Crippen molar-refractivity contribution in [3.63, 3.8) is 0 Å². The van der Waals surface area contributed by atoms with Crippen LogP contribution < -0.4 is 5.73 Å². The van der Waals surface area contributed by atoms with Crippen LogP contribution in [0.15, 0.2) is 21.5 Å². The SMILES string of the molecule is Cc1cc(Br)c(N)cc1S(=O)(=O)N1CCSC(C)(C)CC1. The van der Waals surface area contributed by atoms with Crippen molar-refractivity contribution >= 4 is 43.4 Å². The van der Waals surface area contributed by atoms with Crippen LogP contribution in [0, 0.1) is 6.92 Å². The second-order valence-electron chi connectivity index (χ2n) is 5.90. The van der Waals surface area contributed by atoms with Crippen molar-refractivity contribution in [2.45, 2.75) is 36.8 Å². The van der Waals surface area contributed by atoms with E-state index in [2.05, 4.69) is 29.8 Å². The fraction of sp³-hybridized carbons (Fsp3) is 0.571. The lowest BCUT2D eigenvalue weighted by Crippen LogP contribution is -2.34. The first-order valence-electron chi connectivity index (χ1n) is 6.83. The quantitative estimate of drug-likeness (QED) is 0.784. The summed E-state index contributed by atoms with van der Waals surface area (Å²) in [5.74, 6) is 0.817. The van der Waals surface area contributed by atoms with Gasteiger partial charge in [0.05, 0.1) is 4.90 Å². The van der Waals surface area contributed by atoms with E-state index in [9.17, 15) is 8.42 Å². The van der Waals surface area contributed by atoms with Crippen molar-refractivity contribution in [3.8, 4) is 0 Å². The Morgan fingerprint density at radius 2 is 2.00 bits per heavy atom. The Morgan fingerprint density at radius 3 is 2.67 bits per heavy atom. The van der Waals surface area contributed by atoms with Crippen LogP contribution in [0.4, 0.5) is 5.69 Å². The third kappa shape index (κ3) is 3.75. The average molecular weight is 393 g/mol. The minimum atomic E-state index is -3.49. The normalized spacial score (nSPS) is 20.2. The number of nitrogen functional groups attached to an aromatic ring is 1. The summed E-state index contributed by atoms with van der Waals surface area (Å²) in [5, 5.41) is 0. The van der Waals surface area contributed by atoms with Crippen molar-refractivity contribution in [1.29, 1.82) is 0 Å². The van der Waals surface area contributed by atoms with Gasteiger partial charge >= 0.3 is 0 Å². The van der Waals surface area contributed by atoms with Gasteiger partial charge in [-0.25, -0.2) is 8.42 Å². The molecule has 1 fully saturated rings. The summed E-state index contributed by atoms with van der Waals surface area (Å²) in [6, 6.07) is 3.32. The van der Waals surface area contributed by atoms with Gasteiger partial charge < -0.3 is 5.73 Å². The van der Waals surface area contributed by atoms with Gasteiger partial charge in [-0.1, -0.05) is 13.8 Å². The van der Waals surface area contributed by atoms with Crippen LogP contribution >= 0.6 is 27.7 Å². The number of aryl methyl sites for hydroxylation is 1. The number of thioether (sulfide) groups is 1. The minimum Gasteiger partial charge on any atom is -0.398 e. The molecule has 1 saturated heterocycles. The topological polar surface area (TPSA) is 63.4 Å². The first kappa shape index (κ1) is 17.1. The summed E-state index contributed by atoms with van der Waals surface area (Å²) in [7, 11) is -3.49. The Bertz CT molecular complexity index is 645. The minimum absolute atomic E-state index is 0.123. The number of rotatable bonds is 2. The number of benzene rings is 1. The predicted octanol–water partition coefficient (Wildman–Crippen LogP) is 3.25. The molecule has 4 nitrogen and oxygen atoms in total. The van der Waals surface area contributed by atoms with Gasteiger partial charge in [-0.3, -0.25) is 0 Å². The molecule has 0 saturated carbocycles. The van der Waals surface area contributed by atoms with E-state index in [1.54, 1.807) is 23.4 Å². The third-order valence-electron chi connectivity index (χ3n) is 3.71. The van der Waals surface area contributed by atoms with Gasteiger partial charge in [-0.15, -0.1) is 0 Å². The van der Waals surface area contributed by atoms with Crippen LogP contribution in [0.2, 0.25) is 0 Å². The van der Waals surface area contributed by atoms with Crippen LogP contribution in [-0.2, 0) is 10.0 Å². The van der Waals surface area contributed by atoms with Gasteiger partial charge in [0.25, 0.3) is 0 Å². The van der Waals surface area contributed by atoms with Crippen molar-refractivity contribution < 1.29 is 8.42 Å². The maximum absolute atomic E-state index is 12.9. The van der Waals surface area contributed by atoms with Crippen molar-refractivity contribution in [1.82, 2.24) is 4.31 Å². The van der Waals surface area contributed by atoms with Crippen LogP contribution in [0.5, 0.6) is 0 Å². The summed E-state index contributed by atoms with van der Waals surface area (Å²) >= 11 is 5.16. The highest BCUT2D eigenvalue weighted by molar-refractivity contribution is 9.10. The molecule has 0 amide bonds. The second kappa shape index (κ2) is 6.10. The molecule has 0 unspecified atom stereocenters. The highest BCUT2D eigenvalue weighted by Crippen LogP contribution is 2.34. The maximum atomic E-state index is 12.9. The molecule has 2 N–H and O–H groups in total. The predicted molar refractivity (Wildman–Crippen MR) is 93.2 cm³/mol. The van der Waals surface area contributed by atoms with Gasteiger partial charge in [-0.05, 0) is 47.0 Å². The molecule has 0 radical (unpaired) electrons. The van der Waals surface area contributed by atoms with E-state index in [0.717, 1.165) is 16.6 Å². The largest absolute Gasteiger partial charge is 0.398 e. The summed E-state index contributed by atoms with van der Waals surface area (Å²) in [6.07, 6.45) is 0.849. The molecular formula is C14H21BrN2O2S2. The lowest BCUT2D eigenvalue weighted by Gasteiger charge is -2.23. The molecular weight excluding hydrogens is 372 g/mol. The molecule has 0 aliphatic carbocycles. The summed E-state index contributed by atoms with van der Waals surface area (Å²) < 4.78 is 28.2. The Balaban J connectivity index is 2.36. The highest BCUT2D eigenvalue weighted by Gasteiger charge is 2.31. The first-order chi connectivity index (χ1) is 9.63. The molecule has 1 aliphatic rings. The van der Waals surface area contributed by atoms with Gasteiger partial charge in [0.1, 0.15) is 0 Å². The van der Waals surface area contributed by atoms with Crippen molar-refractivity contribution in [3.05, 3.63) is 22.2 Å². The lowest BCUT2D eigenvalue weighted by atomic mass is 10.1. The molecule has 1 aliphatic heterocycles. The molecule has 118 valence electrons. The molecule has 0 aromatic heterocycles. The van der Waals surface area contributed by atoms with E-state index < -0.39 is 10.0 Å². The number of anilines is 1. The Kier molecular flexibility index (Phi) is 4.97. The van der Waals surface area contributed by atoms with E-state index in [4.69, 9.17) is 5.73 Å². The Morgan fingerprint density at radius 1 is 1.33 bits per heavy atom. The lowest BCUT2D eigenvalue weighted by molar-refractivity contribution is 0.415. The van der Waals surface area contributed by atoms with Crippen molar-refractivity contribution in [2.24, 2.45) is 0 Å². The summed E-state index contributed by atoms with van der Waals surface area (Å²) in [6.45, 7) is 7.23. The molecule has 0 bridgehead atoms. The Hall–Kier alpha value is -0.240. The van der Waals surface area contributed by atoms with Crippen LogP contribution in [0.1, 0.15) is 25.8 Å². The average Bonchev–Trinajstić information content (AvgIpc) is 2.55. The number of nitrogens with zero attached hydrogens (tertiary/aromatic N) is 1. The molecule has 1 aromatic rings. The third-order valence-corrected chi connectivity index (χ3v) is 7.81. The molecule has 1 aromatic carbocycles. The summed E-state index contributed by atoms with van der Waals surface area (Å²) in [4.78, 5) is 0.313. The zero-order valence-corrected chi connectivity index (χ0v) is 15.7. The van der Waals surface area contributed by atoms with E-state index in [1.807, 2.05) is 11.8 Å². The fourth-order valence-electron chi connectivity index (χ4n) is 2.33. The number of hydrogen-bond donors (Lipinski definition) is 1. The standard InChI is InChI=1S/C14H21BrN2O2S2/c1-10-8-11(15)12(16)9-13(10)21(18,19)17-5-4-14(2,3)20-7-6-17/h8-9H,4-7,16H2,1-3H3. The summed E-state index contributed by atoms with van der Waals surface area (Å²) in [5.41, 5.74) is 7.02. The van der Waals surface area contributed by atoms with Gasteiger partial charge in [-0.2, -0.15) is 16.1 Å². The smallest absolute Gasteiger partial charge is 0.243 e. The highest BCUT2D eigenvalue weighted by atomic mass is 79.9. The number of nitrogens with two attached hydrogens (primary N) is 1.